The fraction of sp³-hybridized carbons (Fsp3) is 0.889. The Hall–Kier alpha value is -0.670. The zero-order valence-electron chi connectivity index (χ0n) is 19.9. The van der Waals surface area contributed by atoms with Crippen LogP contribution < -0.4 is 0 Å². The van der Waals surface area contributed by atoms with Gasteiger partial charge in [-0.05, 0) is 106 Å². The van der Waals surface area contributed by atoms with Crippen LogP contribution in [0.2, 0.25) is 0 Å². The zero-order chi connectivity index (χ0) is 21.9. The van der Waals surface area contributed by atoms with Crippen molar-refractivity contribution in [2.45, 2.75) is 111 Å². The Morgan fingerprint density at radius 1 is 1.13 bits per heavy atom. The molecule has 0 bridgehead atoms. The Bertz CT molecular complexity index is 703. The third-order valence-electron chi connectivity index (χ3n) is 10.1. The third-order valence-corrected chi connectivity index (χ3v) is 10.1. The SMILES string of the molecule is CC(CCCC(C)(C)O)C1CCC2C3C(=O)C=C4CC(O)CCC4(C)C3CCC12C. The van der Waals surface area contributed by atoms with Gasteiger partial charge < -0.3 is 10.2 Å². The first-order chi connectivity index (χ1) is 14.0. The molecule has 0 radical (unpaired) electrons. The van der Waals surface area contributed by atoms with Crippen LogP contribution in [0, 0.1) is 40.4 Å². The van der Waals surface area contributed by atoms with Gasteiger partial charge in [-0.15, -0.1) is 0 Å². The molecule has 4 rings (SSSR count). The smallest absolute Gasteiger partial charge is 0.159 e. The number of carbonyl (C=O) groups is 1. The number of carbonyl (C=O) groups excluding carboxylic acids is 1. The van der Waals surface area contributed by atoms with Crippen LogP contribution in [-0.2, 0) is 4.79 Å². The Morgan fingerprint density at radius 3 is 2.57 bits per heavy atom. The first-order valence-corrected chi connectivity index (χ1v) is 12.6. The molecule has 0 amide bonds. The van der Waals surface area contributed by atoms with E-state index in [-0.39, 0.29) is 22.9 Å². The minimum absolute atomic E-state index is 0.121. The van der Waals surface area contributed by atoms with E-state index < -0.39 is 5.60 Å². The molecule has 30 heavy (non-hydrogen) atoms. The van der Waals surface area contributed by atoms with E-state index in [1.54, 1.807) is 0 Å². The lowest BCUT2D eigenvalue weighted by atomic mass is 9.46. The summed E-state index contributed by atoms with van der Waals surface area (Å²) in [5, 5.41) is 20.3. The number of allylic oxidation sites excluding steroid dienone is 1. The van der Waals surface area contributed by atoms with Gasteiger partial charge in [0, 0.05) is 5.92 Å². The van der Waals surface area contributed by atoms with Crippen LogP contribution in [0.3, 0.4) is 0 Å². The molecular formula is C27H44O3. The van der Waals surface area contributed by atoms with Crippen LogP contribution in [0.4, 0.5) is 0 Å². The molecule has 4 aliphatic carbocycles. The van der Waals surface area contributed by atoms with Crippen molar-refractivity contribution in [3.8, 4) is 0 Å². The van der Waals surface area contributed by atoms with E-state index in [0.717, 1.165) is 25.7 Å². The first-order valence-electron chi connectivity index (χ1n) is 12.6. The maximum atomic E-state index is 13.4. The Kier molecular flexibility index (Phi) is 5.80. The maximum Gasteiger partial charge on any atom is 0.159 e. The molecule has 0 aromatic carbocycles. The lowest BCUT2D eigenvalue weighted by Gasteiger charge is -2.57. The van der Waals surface area contributed by atoms with E-state index in [1.807, 2.05) is 19.9 Å². The third kappa shape index (κ3) is 3.72. The molecule has 3 fully saturated rings. The van der Waals surface area contributed by atoms with Gasteiger partial charge in [0.1, 0.15) is 0 Å². The van der Waals surface area contributed by atoms with Gasteiger partial charge in [-0.25, -0.2) is 0 Å². The number of aliphatic hydroxyl groups is 2. The molecule has 0 heterocycles. The average molecular weight is 417 g/mol. The minimum atomic E-state index is -0.568. The van der Waals surface area contributed by atoms with Crippen LogP contribution in [0.25, 0.3) is 0 Å². The molecule has 4 aliphatic rings. The fourth-order valence-corrected chi connectivity index (χ4v) is 8.42. The van der Waals surface area contributed by atoms with Crippen molar-refractivity contribution in [2.75, 3.05) is 0 Å². The molecule has 0 spiro atoms. The molecule has 0 aromatic heterocycles. The quantitative estimate of drug-likeness (QED) is 0.606. The summed E-state index contributed by atoms with van der Waals surface area (Å²) >= 11 is 0. The molecule has 0 saturated heterocycles. The van der Waals surface area contributed by atoms with Crippen LogP contribution in [0.5, 0.6) is 0 Å². The highest BCUT2D eigenvalue weighted by Crippen LogP contribution is 2.66. The molecule has 3 saturated carbocycles. The van der Waals surface area contributed by atoms with Gasteiger partial charge in [-0.2, -0.15) is 0 Å². The number of fused-ring (bicyclic) bond motifs is 5. The lowest BCUT2D eigenvalue weighted by Crippen LogP contribution is -2.53. The molecule has 0 aliphatic heterocycles. The Morgan fingerprint density at radius 2 is 1.87 bits per heavy atom. The number of hydrogen-bond acceptors (Lipinski definition) is 3. The zero-order valence-corrected chi connectivity index (χ0v) is 19.9. The second-order valence-electron chi connectivity index (χ2n) is 12.5. The summed E-state index contributed by atoms with van der Waals surface area (Å²) in [6, 6.07) is 0. The van der Waals surface area contributed by atoms with Gasteiger partial charge in [-0.3, -0.25) is 4.79 Å². The van der Waals surface area contributed by atoms with Crippen molar-refractivity contribution in [3.63, 3.8) is 0 Å². The van der Waals surface area contributed by atoms with Crippen LogP contribution in [-0.4, -0.2) is 27.7 Å². The van der Waals surface area contributed by atoms with Gasteiger partial charge in [-0.1, -0.05) is 39.2 Å². The van der Waals surface area contributed by atoms with Gasteiger partial charge in [0.05, 0.1) is 11.7 Å². The topological polar surface area (TPSA) is 57.5 Å². The molecular weight excluding hydrogens is 372 g/mol. The number of aliphatic hydroxyl groups excluding tert-OH is 1. The monoisotopic (exact) mass is 416 g/mol. The first kappa shape index (κ1) is 22.5. The largest absolute Gasteiger partial charge is 0.393 e. The van der Waals surface area contributed by atoms with Gasteiger partial charge in [0.2, 0.25) is 0 Å². The highest BCUT2D eigenvalue weighted by atomic mass is 16.3. The highest BCUT2D eigenvalue weighted by Gasteiger charge is 2.61. The maximum absolute atomic E-state index is 13.4. The molecule has 3 nitrogen and oxygen atoms in total. The molecule has 8 atom stereocenters. The standard InChI is InChI=1S/C27H44O3/c1-17(7-6-12-25(2,3)30)20-8-9-21-24-22(11-14-27(20,21)5)26(4)13-10-19(28)15-18(26)16-23(24)29/h16-17,19-22,24,28,30H,6-15H2,1-5H3. The predicted octanol–water partition coefficient (Wildman–Crippen LogP) is 5.68. The summed E-state index contributed by atoms with van der Waals surface area (Å²) in [5.41, 5.74) is 1.07. The number of ketones is 1. The summed E-state index contributed by atoms with van der Waals surface area (Å²) in [4.78, 5) is 13.4. The lowest BCUT2D eigenvalue weighted by molar-refractivity contribution is -0.135. The van der Waals surface area contributed by atoms with Crippen molar-refractivity contribution in [3.05, 3.63) is 11.6 Å². The van der Waals surface area contributed by atoms with Crippen LogP contribution >= 0.6 is 0 Å². The fourth-order valence-electron chi connectivity index (χ4n) is 8.42. The number of hydrogen-bond donors (Lipinski definition) is 2. The highest BCUT2D eigenvalue weighted by molar-refractivity contribution is 5.94. The van der Waals surface area contributed by atoms with Gasteiger partial charge in [0.15, 0.2) is 5.78 Å². The molecule has 8 unspecified atom stereocenters. The van der Waals surface area contributed by atoms with Crippen LogP contribution in [0.15, 0.2) is 11.6 Å². The second-order valence-corrected chi connectivity index (χ2v) is 12.5. The average Bonchev–Trinajstić information content (AvgIpc) is 2.99. The van der Waals surface area contributed by atoms with Crippen molar-refractivity contribution in [2.24, 2.45) is 40.4 Å². The van der Waals surface area contributed by atoms with E-state index in [4.69, 9.17) is 0 Å². The summed E-state index contributed by atoms with van der Waals surface area (Å²) in [6.45, 7) is 11.1. The van der Waals surface area contributed by atoms with Crippen LogP contribution in [0.1, 0.15) is 98.8 Å². The number of rotatable bonds is 5. The van der Waals surface area contributed by atoms with Gasteiger partial charge >= 0.3 is 0 Å². The van der Waals surface area contributed by atoms with Crippen molar-refractivity contribution < 1.29 is 15.0 Å². The molecule has 170 valence electrons. The predicted molar refractivity (Wildman–Crippen MR) is 121 cm³/mol. The Labute approximate surface area is 183 Å². The molecule has 2 N–H and O–H groups in total. The Balaban J connectivity index is 1.52. The van der Waals surface area contributed by atoms with E-state index in [1.165, 1.54) is 37.7 Å². The van der Waals surface area contributed by atoms with E-state index in [9.17, 15) is 15.0 Å². The molecule has 3 heteroatoms. The summed E-state index contributed by atoms with van der Waals surface area (Å²) in [7, 11) is 0. The van der Waals surface area contributed by atoms with E-state index >= 15 is 0 Å². The van der Waals surface area contributed by atoms with Gasteiger partial charge in [0.25, 0.3) is 0 Å². The van der Waals surface area contributed by atoms with Crippen molar-refractivity contribution in [1.29, 1.82) is 0 Å². The molecule has 0 aromatic rings. The second kappa shape index (κ2) is 7.73. The van der Waals surface area contributed by atoms with E-state index in [2.05, 4.69) is 20.8 Å². The summed E-state index contributed by atoms with van der Waals surface area (Å²) < 4.78 is 0. The van der Waals surface area contributed by atoms with E-state index in [0.29, 0.717) is 35.9 Å². The summed E-state index contributed by atoms with van der Waals surface area (Å²) in [6.07, 6.45) is 12.3. The normalized spacial score (nSPS) is 44.7. The minimum Gasteiger partial charge on any atom is -0.393 e. The van der Waals surface area contributed by atoms with Crippen molar-refractivity contribution in [1.82, 2.24) is 0 Å². The van der Waals surface area contributed by atoms with Crippen molar-refractivity contribution >= 4 is 5.78 Å². The summed E-state index contributed by atoms with van der Waals surface area (Å²) in [5.74, 6) is 2.91.